The number of H-pyrrole nitrogens is 1. The number of rotatable bonds is 3. The van der Waals surface area contributed by atoms with Crippen molar-refractivity contribution in [3.8, 4) is 0 Å². The second kappa shape index (κ2) is 5.41. The minimum atomic E-state index is 0.939. The van der Waals surface area contributed by atoms with E-state index in [0.29, 0.717) is 0 Å². The summed E-state index contributed by atoms with van der Waals surface area (Å²) in [5.41, 5.74) is 6.04. The molecule has 0 atom stereocenters. The Labute approximate surface area is 127 Å². The maximum atomic E-state index is 4.71. The summed E-state index contributed by atoms with van der Waals surface area (Å²) in [5.74, 6) is 1.06. The van der Waals surface area contributed by atoms with E-state index in [1.54, 1.807) is 0 Å². The van der Waals surface area contributed by atoms with E-state index >= 15 is 0 Å². The first kappa shape index (κ1) is 13.4. The Hall–Kier alpha value is -1.61. The van der Waals surface area contributed by atoms with Crippen LogP contribution in [-0.2, 0) is 12.8 Å². The first-order valence-corrected chi connectivity index (χ1v) is 7.61. The molecule has 0 unspecified atom stereocenters. The van der Waals surface area contributed by atoms with Crippen molar-refractivity contribution in [2.45, 2.75) is 26.7 Å². The van der Waals surface area contributed by atoms with Crippen molar-refractivity contribution in [2.75, 3.05) is 0 Å². The Morgan fingerprint density at radius 1 is 1.05 bits per heavy atom. The largest absolute Gasteiger partial charge is 0.342 e. The monoisotopic (exact) mass is 328 g/mol. The van der Waals surface area contributed by atoms with Gasteiger partial charge in [-0.05, 0) is 43.5 Å². The molecule has 0 aliphatic heterocycles. The highest BCUT2D eigenvalue weighted by Gasteiger charge is 2.06. The van der Waals surface area contributed by atoms with Gasteiger partial charge in [0, 0.05) is 10.9 Å². The zero-order valence-corrected chi connectivity index (χ0v) is 13.3. The van der Waals surface area contributed by atoms with E-state index in [1.165, 1.54) is 16.7 Å². The summed E-state index contributed by atoms with van der Waals surface area (Å²) >= 11 is 3.53. The smallest absolute Gasteiger partial charge is 0.107 e. The number of aryl methyl sites for hydroxylation is 4. The van der Waals surface area contributed by atoms with E-state index in [2.05, 4.69) is 71.2 Å². The third-order valence-electron chi connectivity index (χ3n) is 3.56. The molecule has 2 aromatic carbocycles. The lowest BCUT2D eigenvalue weighted by Crippen LogP contribution is -1.93. The Kier molecular flexibility index (Phi) is 3.62. The third kappa shape index (κ3) is 2.78. The van der Waals surface area contributed by atoms with Crippen molar-refractivity contribution >= 4 is 27.0 Å². The number of imidazole rings is 1. The fraction of sp³-hybridized carbons (Fsp3) is 0.235. The standard InChI is InChI=1S/C17H17BrN2/c1-11-3-5-13(6-4-11)7-8-16-19-15-10-14(18)9-12(2)17(15)20-16/h3-6,9-10H,7-8H2,1-2H3,(H,19,20). The summed E-state index contributed by atoms with van der Waals surface area (Å²) in [4.78, 5) is 8.13. The second-order valence-electron chi connectivity index (χ2n) is 5.29. The number of hydrogen-bond donors (Lipinski definition) is 1. The normalized spacial score (nSPS) is 11.2. The zero-order chi connectivity index (χ0) is 14.1. The average molecular weight is 329 g/mol. The van der Waals surface area contributed by atoms with Crippen molar-refractivity contribution in [2.24, 2.45) is 0 Å². The molecule has 0 amide bonds. The minimum absolute atomic E-state index is 0.939. The Balaban J connectivity index is 1.81. The molecule has 1 heterocycles. The molecular weight excluding hydrogens is 312 g/mol. The van der Waals surface area contributed by atoms with Gasteiger partial charge in [0.25, 0.3) is 0 Å². The molecule has 20 heavy (non-hydrogen) atoms. The topological polar surface area (TPSA) is 28.7 Å². The summed E-state index contributed by atoms with van der Waals surface area (Å²) in [6, 6.07) is 12.9. The van der Waals surface area contributed by atoms with Gasteiger partial charge in [-0.2, -0.15) is 0 Å². The van der Waals surface area contributed by atoms with Crippen molar-refractivity contribution in [3.05, 3.63) is 63.4 Å². The fourth-order valence-corrected chi connectivity index (χ4v) is 3.01. The van der Waals surface area contributed by atoms with Crippen LogP contribution >= 0.6 is 15.9 Å². The second-order valence-corrected chi connectivity index (χ2v) is 6.20. The average Bonchev–Trinajstić information content (AvgIpc) is 2.81. The lowest BCUT2D eigenvalue weighted by atomic mass is 10.1. The van der Waals surface area contributed by atoms with Gasteiger partial charge in [0.2, 0.25) is 0 Å². The molecule has 3 rings (SSSR count). The summed E-state index contributed by atoms with van der Waals surface area (Å²) < 4.78 is 1.09. The molecule has 0 saturated heterocycles. The molecule has 0 radical (unpaired) electrons. The van der Waals surface area contributed by atoms with Crippen LogP contribution in [0.3, 0.4) is 0 Å². The van der Waals surface area contributed by atoms with Crippen molar-refractivity contribution < 1.29 is 0 Å². The molecule has 1 N–H and O–H groups in total. The van der Waals surface area contributed by atoms with E-state index in [0.717, 1.165) is 34.2 Å². The summed E-state index contributed by atoms with van der Waals surface area (Å²) in [6.07, 6.45) is 1.95. The molecule has 2 nitrogen and oxygen atoms in total. The van der Waals surface area contributed by atoms with Crippen LogP contribution in [0.1, 0.15) is 22.5 Å². The van der Waals surface area contributed by atoms with Gasteiger partial charge >= 0.3 is 0 Å². The summed E-state index contributed by atoms with van der Waals surface area (Å²) in [5, 5.41) is 0. The highest BCUT2D eigenvalue weighted by molar-refractivity contribution is 9.10. The summed E-state index contributed by atoms with van der Waals surface area (Å²) in [7, 11) is 0. The van der Waals surface area contributed by atoms with Crippen molar-refractivity contribution in [1.82, 2.24) is 9.97 Å². The number of fused-ring (bicyclic) bond motifs is 1. The molecule has 0 aliphatic carbocycles. The van der Waals surface area contributed by atoms with Crippen molar-refractivity contribution in [1.29, 1.82) is 0 Å². The van der Waals surface area contributed by atoms with Crippen molar-refractivity contribution in [3.63, 3.8) is 0 Å². The first-order valence-electron chi connectivity index (χ1n) is 6.82. The van der Waals surface area contributed by atoms with Gasteiger partial charge < -0.3 is 4.98 Å². The molecule has 3 heteroatoms. The van der Waals surface area contributed by atoms with E-state index < -0.39 is 0 Å². The number of benzene rings is 2. The van der Waals surface area contributed by atoms with Crippen LogP contribution in [0.25, 0.3) is 11.0 Å². The van der Waals surface area contributed by atoms with Gasteiger partial charge in [-0.1, -0.05) is 45.8 Å². The van der Waals surface area contributed by atoms with E-state index in [9.17, 15) is 0 Å². The molecule has 0 fully saturated rings. The molecular formula is C17H17BrN2. The Morgan fingerprint density at radius 3 is 2.55 bits per heavy atom. The van der Waals surface area contributed by atoms with E-state index in [4.69, 9.17) is 4.98 Å². The number of aromatic nitrogens is 2. The lowest BCUT2D eigenvalue weighted by Gasteiger charge is -1.99. The molecule has 0 saturated carbocycles. The zero-order valence-electron chi connectivity index (χ0n) is 11.7. The van der Waals surface area contributed by atoms with E-state index in [-0.39, 0.29) is 0 Å². The van der Waals surface area contributed by atoms with Crippen LogP contribution in [0.2, 0.25) is 0 Å². The minimum Gasteiger partial charge on any atom is -0.342 e. The van der Waals surface area contributed by atoms with Gasteiger partial charge in [-0.15, -0.1) is 0 Å². The fourth-order valence-electron chi connectivity index (χ4n) is 2.43. The lowest BCUT2D eigenvalue weighted by molar-refractivity contribution is 0.889. The van der Waals surface area contributed by atoms with Crippen LogP contribution < -0.4 is 0 Å². The maximum absolute atomic E-state index is 4.71. The van der Waals surface area contributed by atoms with Gasteiger partial charge in [0.05, 0.1) is 11.0 Å². The SMILES string of the molecule is Cc1ccc(CCc2nc3c(C)cc(Br)cc3[nH]2)cc1. The molecule has 1 aromatic heterocycles. The number of nitrogens with zero attached hydrogens (tertiary/aromatic N) is 1. The number of nitrogens with one attached hydrogen (secondary N) is 1. The Bertz CT molecular complexity index is 742. The van der Waals surface area contributed by atoms with E-state index in [1.807, 2.05) is 0 Å². The summed E-state index contributed by atoms with van der Waals surface area (Å²) in [6.45, 7) is 4.21. The predicted octanol–water partition coefficient (Wildman–Crippen LogP) is 4.73. The van der Waals surface area contributed by atoms with Crippen LogP contribution in [0.15, 0.2) is 40.9 Å². The third-order valence-corrected chi connectivity index (χ3v) is 4.02. The maximum Gasteiger partial charge on any atom is 0.107 e. The number of hydrogen-bond acceptors (Lipinski definition) is 1. The van der Waals surface area contributed by atoms with Gasteiger partial charge in [-0.25, -0.2) is 4.98 Å². The Morgan fingerprint density at radius 2 is 1.80 bits per heavy atom. The molecule has 3 aromatic rings. The van der Waals surface area contributed by atoms with Gasteiger partial charge in [-0.3, -0.25) is 0 Å². The highest BCUT2D eigenvalue weighted by atomic mass is 79.9. The predicted molar refractivity (Wildman–Crippen MR) is 87.1 cm³/mol. The molecule has 0 bridgehead atoms. The van der Waals surface area contributed by atoms with Gasteiger partial charge in [0.15, 0.2) is 0 Å². The molecule has 102 valence electrons. The highest BCUT2D eigenvalue weighted by Crippen LogP contribution is 2.22. The molecule has 0 aliphatic rings. The van der Waals surface area contributed by atoms with Crippen LogP contribution in [0.5, 0.6) is 0 Å². The number of halogens is 1. The quantitative estimate of drug-likeness (QED) is 0.739. The van der Waals surface area contributed by atoms with Crippen LogP contribution in [0, 0.1) is 13.8 Å². The first-order chi connectivity index (χ1) is 9.61. The molecule has 0 spiro atoms. The van der Waals surface area contributed by atoms with Crippen LogP contribution in [-0.4, -0.2) is 9.97 Å². The van der Waals surface area contributed by atoms with Crippen LogP contribution in [0.4, 0.5) is 0 Å². The number of aromatic amines is 1. The van der Waals surface area contributed by atoms with Gasteiger partial charge in [0.1, 0.15) is 5.82 Å².